The zero-order valence-electron chi connectivity index (χ0n) is 19.5. The number of hydrogen-bond acceptors (Lipinski definition) is 3. The van der Waals surface area contributed by atoms with E-state index in [-0.39, 0.29) is 17.9 Å². The van der Waals surface area contributed by atoms with E-state index < -0.39 is 5.60 Å². The number of allylic oxidation sites excluding steroid dienone is 1. The van der Waals surface area contributed by atoms with Crippen molar-refractivity contribution >= 4 is 5.97 Å². The summed E-state index contributed by atoms with van der Waals surface area (Å²) in [7, 11) is 0. The molecule has 1 saturated carbocycles. The van der Waals surface area contributed by atoms with Crippen molar-refractivity contribution in [2.75, 3.05) is 0 Å². The second kappa shape index (κ2) is 10.3. The van der Waals surface area contributed by atoms with Crippen LogP contribution in [0.5, 0.6) is 0 Å². The first-order valence-electron chi connectivity index (χ1n) is 11.4. The first kappa shape index (κ1) is 23.3. The van der Waals surface area contributed by atoms with Crippen molar-refractivity contribution in [3.05, 3.63) is 83.9 Å². The van der Waals surface area contributed by atoms with Crippen LogP contribution in [0.25, 0.3) is 0 Å². The smallest absolute Gasteiger partial charge is 0.311 e. The minimum absolute atomic E-state index is 0.0659. The van der Waals surface area contributed by atoms with Gasteiger partial charge in [-0.25, -0.2) is 0 Å². The molecule has 1 aliphatic carbocycles. The molecule has 1 fully saturated rings. The molecule has 3 nitrogen and oxygen atoms in total. The molecule has 0 amide bonds. The highest BCUT2D eigenvalue weighted by molar-refractivity contribution is 5.74. The quantitative estimate of drug-likeness (QED) is 0.385. The maximum Gasteiger partial charge on any atom is 0.311 e. The van der Waals surface area contributed by atoms with Gasteiger partial charge in [0.1, 0.15) is 5.60 Å². The Bertz CT molecular complexity index is 812. The standard InChI is InChI=1S/C28H37NO2/c1-21(2)24-16-17-25(27(30)31-28(3,4)5)26(18-24)29(19-22-12-8-6-9-13-22)20-23-14-10-7-11-15-23/h6-15,24-26H,1,16-20H2,2-5H3/t24-,25+,26-/m0/s1. The summed E-state index contributed by atoms with van der Waals surface area (Å²) in [6.07, 6.45) is 2.79. The Morgan fingerprint density at radius 1 is 0.968 bits per heavy atom. The number of ether oxygens (including phenoxy) is 1. The molecule has 3 atom stereocenters. The topological polar surface area (TPSA) is 29.5 Å². The zero-order valence-corrected chi connectivity index (χ0v) is 19.5. The van der Waals surface area contributed by atoms with Crippen LogP contribution in [0, 0.1) is 11.8 Å². The van der Waals surface area contributed by atoms with Gasteiger partial charge in [-0.3, -0.25) is 9.69 Å². The fourth-order valence-corrected chi connectivity index (χ4v) is 4.58. The number of hydrogen-bond donors (Lipinski definition) is 0. The average Bonchev–Trinajstić information content (AvgIpc) is 2.73. The number of benzene rings is 2. The van der Waals surface area contributed by atoms with Gasteiger partial charge in [-0.15, -0.1) is 0 Å². The molecular weight excluding hydrogens is 382 g/mol. The number of esters is 1. The molecular formula is C28H37NO2. The maximum atomic E-state index is 13.2. The van der Waals surface area contributed by atoms with Crippen molar-refractivity contribution < 1.29 is 9.53 Å². The Labute approximate surface area is 188 Å². The summed E-state index contributed by atoms with van der Waals surface area (Å²) in [6, 6.07) is 21.2. The third kappa shape index (κ3) is 6.80. The van der Waals surface area contributed by atoms with E-state index in [0.717, 1.165) is 32.4 Å². The monoisotopic (exact) mass is 419 g/mol. The summed E-state index contributed by atoms with van der Waals surface area (Å²) in [4.78, 5) is 15.7. The number of rotatable bonds is 7. The summed E-state index contributed by atoms with van der Waals surface area (Å²) in [5.41, 5.74) is 3.26. The molecule has 0 aromatic heterocycles. The van der Waals surface area contributed by atoms with Crippen LogP contribution in [-0.4, -0.2) is 22.5 Å². The summed E-state index contributed by atoms with van der Waals surface area (Å²) < 4.78 is 5.87. The van der Waals surface area contributed by atoms with E-state index >= 15 is 0 Å². The van der Waals surface area contributed by atoms with Crippen LogP contribution in [0.1, 0.15) is 58.1 Å². The second-order valence-electron chi connectivity index (χ2n) is 9.94. The molecule has 0 unspecified atom stereocenters. The van der Waals surface area contributed by atoms with Crippen LogP contribution < -0.4 is 0 Å². The molecule has 0 aliphatic heterocycles. The molecule has 2 aromatic carbocycles. The lowest BCUT2D eigenvalue weighted by molar-refractivity contribution is -0.164. The van der Waals surface area contributed by atoms with E-state index in [0.29, 0.717) is 5.92 Å². The molecule has 0 saturated heterocycles. The van der Waals surface area contributed by atoms with Gasteiger partial charge >= 0.3 is 5.97 Å². The molecule has 0 spiro atoms. The maximum absolute atomic E-state index is 13.2. The van der Waals surface area contributed by atoms with Crippen LogP contribution in [-0.2, 0) is 22.6 Å². The number of carbonyl (C=O) groups excluding carboxylic acids is 1. The molecule has 3 heteroatoms. The summed E-state index contributed by atoms with van der Waals surface area (Å²) in [6.45, 7) is 13.8. The molecule has 31 heavy (non-hydrogen) atoms. The SMILES string of the molecule is C=C(C)[C@H]1CC[C@@H](C(=O)OC(C)(C)C)[C@@H](N(Cc2ccccc2)Cc2ccccc2)C1. The third-order valence-corrected chi connectivity index (χ3v) is 6.15. The fraction of sp³-hybridized carbons (Fsp3) is 0.464. The van der Waals surface area contributed by atoms with Gasteiger partial charge in [0, 0.05) is 19.1 Å². The number of nitrogens with zero attached hydrogens (tertiary/aromatic N) is 1. The summed E-state index contributed by atoms with van der Waals surface area (Å²) >= 11 is 0. The predicted molar refractivity (Wildman–Crippen MR) is 127 cm³/mol. The lowest BCUT2D eigenvalue weighted by atomic mass is 9.75. The Morgan fingerprint density at radius 3 is 1.94 bits per heavy atom. The largest absolute Gasteiger partial charge is 0.460 e. The van der Waals surface area contributed by atoms with Gasteiger partial charge in [0.15, 0.2) is 0 Å². The highest BCUT2D eigenvalue weighted by Crippen LogP contribution is 2.38. The lowest BCUT2D eigenvalue weighted by Crippen LogP contribution is -2.48. The number of carbonyl (C=O) groups is 1. The van der Waals surface area contributed by atoms with Gasteiger partial charge < -0.3 is 4.74 Å². The predicted octanol–water partition coefficient (Wildman–Crippen LogP) is 6.39. The Balaban J connectivity index is 1.92. The Hall–Kier alpha value is -2.39. The van der Waals surface area contributed by atoms with E-state index in [9.17, 15) is 4.79 Å². The van der Waals surface area contributed by atoms with Gasteiger partial charge in [-0.2, -0.15) is 0 Å². The molecule has 2 aromatic rings. The zero-order chi connectivity index (χ0) is 22.4. The Morgan fingerprint density at radius 2 is 1.48 bits per heavy atom. The van der Waals surface area contributed by atoms with Crippen molar-refractivity contribution in [3.63, 3.8) is 0 Å². The first-order chi connectivity index (χ1) is 14.7. The van der Waals surface area contributed by atoms with Gasteiger partial charge in [-0.05, 0) is 64.0 Å². The lowest BCUT2D eigenvalue weighted by Gasteiger charge is -2.43. The molecule has 166 valence electrons. The highest BCUT2D eigenvalue weighted by atomic mass is 16.6. The van der Waals surface area contributed by atoms with E-state index in [4.69, 9.17) is 4.74 Å². The molecule has 3 rings (SSSR count). The van der Waals surface area contributed by atoms with Gasteiger partial charge in [0.05, 0.1) is 5.92 Å². The molecule has 0 bridgehead atoms. The van der Waals surface area contributed by atoms with Gasteiger partial charge in [-0.1, -0.05) is 72.8 Å². The van der Waals surface area contributed by atoms with Crippen molar-refractivity contribution in [2.45, 2.75) is 71.7 Å². The van der Waals surface area contributed by atoms with Crippen molar-refractivity contribution in [1.29, 1.82) is 0 Å². The minimum atomic E-state index is -0.476. The fourth-order valence-electron chi connectivity index (χ4n) is 4.58. The average molecular weight is 420 g/mol. The van der Waals surface area contributed by atoms with Crippen LogP contribution in [0.15, 0.2) is 72.8 Å². The van der Waals surface area contributed by atoms with E-state index in [2.05, 4.69) is 66.9 Å². The first-order valence-corrected chi connectivity index (χ1v) is 11.4. The van der Waals surface area contributed by atoms with Crippen molar-refractivity contribution in [1.82, 2.24) is 4.90 Å². The van der Waals surface area contributed by atoms with Crippen molar-refractivity contribution in [2.24, 2.45) is 11.8 Å². The van der Waals surface area contributed by atoms with Gasteiger partial charge in [0.2, 0.25) is 0 Å². The molecule has 0 N–H and O–H groups in total. The summed E-state index contributed by atoms with van der Waals surface area (Å²) in [5, 5.41) is 0. The molecule has 0 radical (unpaired) electrons. The van der Waals surface area contributed by atoms with Crippen LogP contribution >= 0.6 is 0 Å². The second-order valence-corrected chi connectivity index (χ2v) is 9.94. The summed E-state index contributed by atoms with van der Waals surface area (Å²) in [5.74, 6) is 0.253. The van der Waals surface area contributed by atoms with E-state index in [1.807, 2.05) is 32.9 Å². The van der Waals surface area contributed by atoms with E-state index in [1.165, 1.54) is 16.7 Å². The normalized spacial score (nSPS) is 21.6. The minimum Gasteiger partial charge on any atom is -0.460 e. The highest BCUT2D eigenvalue weighted by Gasteiger charge is 2.40. The molecule has 0 heterocycles. The Kier molecular flexibility index (Phi) is 7.72. The van der Waals surface area contributed by atoms with Gasteiger partial charge in [0.25, 0.3) is 0 Å². The van der Waals surface area contributed by atoms with Crippen LogP contribution in [0.3, 0.4) is 0 Å². The van der Waals surface area contributed by atoms with Crippen LogP contribution in [0.4, 0.5) is 0 Å². The van der Waals surface area contributed by atoms with E-state index in [1.54, 1.807) is 0 Å². The third-order valence-electron chi connectivity index (χ3n) is 6.15. The van der Waals surface area contributed by atoms with Crippen molar-refractivity contribution in [3.8, 4) is 0 Å². The molecule has 1 aliphatic rings. The van der Waals surface area contributed by atoms with Crippen LogP contribution in [0.2, 0.25) is 0 Å².